The van der Waals surface area contributed by atoms with Crippen molar-refractivity contribution >= 4 is 27.6 Å². The maximum absolute atomic E-state index is 13.6. The predicted octanol–water partition coefficient (Wildman–Crippen LogP) is 3.05. The van der Waals surface area contributed by atoms with Gasteiger partial charge in [-0.05, 0) is 48.0 Å². The summed E-state index contributed by atoms with van der Waals surface area (Å²) in [5.74, 6) is -1.43. The van der Waals surface area contributed by atoms with Crippen molar-refractivity contribution in [2.75, 3.05) is 5.73 Å². The van der Waals surface area contributed by atoms with Crippen LogP contribution in [0.3, 0.4) is 0 Å². The van der Waals surface area contributed by atoms with Gasteiger partial charge in [0.05, 0.1) is 21.4 Å². The largest absolute Gasteiger partial charge is 0.455 e. The monoisotopic (exact) mass is 355 g/mol. The van der Waals surface area contributed by atoms with Crippen molar-refractivity contribution in [3.8, 4) is 0 Å². The van der Waals surface area contributed by atoms with Gasteiger partial charge in [-0.15, -0.1) is 0 Å². The second-order valence-corrected chi connectivity index (χ2v) is 5.27. The molecule has 112 valence electrons. The molecule has 1 aromatic carbocycles. The number of anilines is 1. The summed E-state index contributed by atoms with van der Waals surface area (Å²) in [5.41, 5.74) is 7.10. The number of nitrogen functional groups attached to an aromatic ring is 1. The zero-order chi connectivity index (χ0) is 15.6. The first-order valence-corrected chi connectivity index (χ1v) is 7.17. The molecule has 0 unspecified atom stereocenters. The fraction of sp³-hybridized carbons (Fsp3) is 0.286. The molecule has 0 amide bonds. The lowest BCUT2D eigenvalue weighted by Crippen LogP contribution is -2.11. The van der Waals surface area contributed by atoms with Gasteiger partial charge in [0.25, 0.3) is 0 Å². The quantitative estimate of drug-likeness (QED) is 0.675. The van der Waals surface area contributed by atoms with Crippen molar-refractivity contribution in [1.29, 1.82) is 0 Å². The molecule has 1 aromatic heterocycles. The van der Waals surface area contributed by atoms with Crippen molar-refractivity contribution < 1.29 is 13.9 Å². The molecule has 0 aliphatic rings. The predicted molar refractivity (Wildman–Crippen MR) is 80.3 cm³/mol. The molecule has 2 N–H and O–H groups in total. The summed E-state index contributed by atoms with van der Waals surface area (Å²) in [6.45, 7) is 4.44. The first-order chi connectivity index (χ1) is 9.93. The Hall–Kier alpha value is -1.89. The third-order valence-corrected chi connectivity index (χ3v) is 4.04. The van der Waals surface area contributed by atoms with Gasteiger partial charge in [0, 0.05) is 12.2 Å². The van der Waals surface area contributed by atoms with Gasteiger partial charge in [0.1, 0.15) is 12.4 Å². The highest BCUT2D eigenvalue weighted by atomic mass is 79.9. The average molecular weight is 356 g/mol. The van der Waals surface area contributed by atoms with Gasteiger partial charge in [-0.2, -0.15) is 5.10 Å². The second kappa shape index (κ2) is 6.26. The molecule has 0 saturated carbocycles. The lowest BCUT2D eigenvalue weighted by Gasteiger charge is -2.08. The van der Waals surface area contributed by atoms with Crippen LogP contribution in [0.15, 0.2) is 22.7 Å². The SMILES string of the molecule is CCn1nc(C)c(Br)c1COC(=O)c1ccc(N)cc1F. The van der Waals surface area contributed by atoms with Gasteiger partial charge in [-0.25, -0.2) is 9.18 Å². The molecule has 0 fully saturated rings. The topological polar surface area (TPSA) is 70.1 Å². The molecule has 0 bridgehead atoms. The highest BCUT2D eigenvalue weighted by Crippen LogP contribution is 2.22. The summed E-state index contributed by atoms with van der Waals surface area (Å²) in [6, 6.07) is 3.85. The van der Waals surface area contributed by atoms with Crippen LogP contribution in [-0.2, 0) is 17.9 Å². The maximum atomic E-state index is 13.6. The number of halogens is 2. The van der Waals surface area contributed by atoms with Crippen LogP contribution in [0.4, 0.5) is 10.1 Å². The standard InChI is InChI=1S/C14H15BrFN3O2/c1-3-19-12(13(15)8(2)18-19)7-21-14(20)10-5-4-9(17)6-11(10)16/h4-6H,3,7,17H2,1-2H3. The Morgan fingerprint density at radius 1 is 1.52 bits per heavy atom. The van der Waals surface area contributed by atoms with Crippen molar-refractivity contribution in [2.24, 2.45) is 0 Å². The van der Waals surface area contributed by atoms with Crippen LogP contribution in [0, 0.1) is 12.7 Å². The van der Waals surface area contributed by atoms with Gasteiger partial charge in [0.15, 0.2) is 0 Å². The molecule has 21 heavy (non-hydrogen) atoms. The number of ether oxygens (including phenoxy) is 1. The molecule has 5 nitrogen and oxygen atoms in total. The zero-order valence-electron chi connectivity index (χ0n) is 11.7. The minimum Gasteiger partial charge on any atom is -0.455 e. The summed E-state index contributed by atoms with van der Waals surface area (Å²) in [5, 5.41) is 4.30. The summed E-state index contributed by atoms with van der Waals surface area (Å²) in [6.07, 6.45) is 0. The molecular weight excluding hydrogens is 341 g/mol. The van der Waals surface area contributed by atoms with Crippen molar-refractivity contribution in [3.05, 3.63) is 45.4 Å². The molecule has 1 heterocycles. The van der Waals surface area contributed by atoms with Crippen LogP contribution in [0.25, 0.3) is 0 Å². The lowest BCUT2D eigenvalue weighted by atomic mass is 10.2. The average Bonchev–Trinajstić information content (AvgIpc) is 2.71. The second-order valence-electron chi connectivity index (χ2n) is 4.48. The summed E-state index contributed by atoms with van der Waals surface area (Å²) < 4.78 is 21.3. The van der Waals surface area contributed by atoms with Crippen LogP contribution in [0.5, 0.6) is 0 Å². The lowest BCUT2D eigenvalue weighted by molar-refractivity contribution is 0.0456. The number of esters is 1. The highest BCUT2D eigenvalue weighted by Gasteiger charge is 2.17. The van der Waals surface area contributed by atoms with E-state index in [-0.39, 0.29) is 17.9 Å². The Morgan fingerprint density at radius 3 is 2.86 bits per heavy atom. The number of hydrogen-bond donors (Lipinski definition) is 1. The van der Waals surface area contributed by atoms with Crippen LogP contribution >= 0.6 is 15.9 Å². The maximum Gasteiger partial charge on any atom is 0.341 e. The van der Waals surface area contributed by atoms with Crippen molar-refractivity contribution in [1.82, 2.24) is 9.78 Å². The fourth-order valence-corrected chi connectivity index (χ4v) is 2.31. The van der Waals surface area contributed by atoms with Crippen LogP contribution in [0.1, 0.15) is 28.7 Å². The molecular formula is C14H15BrFN3O2. The third-order valence-electron chi connectivity index (χ3n) is 3.01. The number of aromatic nitrogens is 2. The minimum absolute atomic E-state index is 0.0118. The van der Waals surface area contributed by atoms with E-state index >= 15 is 0 Å². The number of carbonyl (C=O) groups is 1. The smallest absolute Gasteiger partial charge is 0.341 e. The van der Waals surface area contributed by atoms with Crippen LogP contribution < -0.4 is 5.73 Å². The molecule has 0 aliphatic carbocycles. The van der Waals surface area contributed by atoms with E-state index in [1.807, 2.05) is 13.8 Å². The van der Waals surface area contributed by atoms with E-state index in [1.54, 1.807) is 4.68 Å². The molecule has 0 aliphatic heterocycles. The van der Waals surface area contributed by atoms with Crippen molar-refractivity contribution in [2.45, 2.75) is 27.0 Å². The summed E-state index contributed by atoms with van der Waals surface area (Å²) in [4.78, 5) is 11.9. The Balaban J connectivity index is 2.14. The van der Waals surface area contributed by atoms with E-state index in [1.165, 1.54) is 12.1 Å². The molecule has 0 spiro atoms. The number of hydrogen-bond acceptors (Lipinski definition) is 4. The van der Waals surface area contributed by atoms with Gasteiger partial charge in [-0.1, -0.05) is 0 Å². The van der Waals surface area contributed by atoms with E-state index in [0.717, 1.165) is 21.9 Å². The Labute approximate surface area is 130 Å². The number of nitrogens with two attached hydrogens (primary N) is 1. The molecule has 2 rings (SSSR count). The van der Waals surface area contributed by atoms with E-state index in [9.17, 15) is 9.18 Å². The fourth-order valence-electron chi connectivity index (χ4n) is 1.92. The molecule has 2 aromatic rings. The molecule has 0 saturated heterocycles. The number of nitrogens with zero attached hydrogens (tertiary/aromatic N) is 2. The van der Waals surface area contributed by atoms with Crippen molar-refractivity contribution in [3.63, 3.8) is 0 Å². The number of carbonyl (C=O) groups excluding carboxylic acids is 1. The molecule has 7 heteroatoms. The zero-order valence-corrected chi connectivity index (χ0v) is 13.3. The van der Waals surface area contributed by atoms with Crippen LogP contribution in [0.2, 0.25) is 0 Å². The van der Waals surface area contributed by atoms with Gasteiger partial charge in [-0.3, -0.25) is 4.68 Å². The van der Waals surface area contributed by atoms with Gasteiger partial charge < -0.3 is 10.5 Å². The highest BCUT2D eigenvalue weighted by molar-refractivity contribution is 9.10. The molecule has 0 radical (unpaired) electrons. The number of benzene rings is 1. The van der Waals surface area contributed by atoms with Crippen LogP contribution in [-0.4, -0.2) is 15.7 Å². The normalized spacial score (nSPS) is 10.7. The van der Waals surface area contributed by atoms with Gasteiger partial charge in [0.2, 0.25) is 0 Å². The van der Waals surface area contributed by atoms with E-state index < -0.39 is 11.8 Å². The first kappa shape index (κ1) is 15.5. The Morgan fingerprint density at radius 2 is 2.24 bits per heavy atom. The van der Waals surface area contributed by atoms with Gasteiger partial charge >= 0.3 is 5.97 Å². The van der Waals surface area contributed by atoms with E-state index in [0.29, 0.717) is 6.54 Å². The minimum atomic E-state index is -0.735. The summed E-state index contributed by atoms with van der Waals surface area (Å²) >= 11 is 3.41. The first-order valence-electron chi connectivity index (χ1n) is 6.38. The Bertz CT molecular complexity index is 685. The number of rotatable bonds is 4. The summed E-state index contributed by atoms with van der Waals surface area (Å²) in [7, 11) is 0. The van der Waals surface area contributed by atoms with E-state index in [2.05, 4.69) is 21.0 Å². The van der Waals surface area contributed by atoms with E-state index in [4.69, 9.17) is 10.5 Å². The third kappa shape index (κ3) is 3.24. The number of aryl methyl sites for hydroxylation is 2. The molecule has 0 atom stereocenters. The Kier molecular flexibility index (Phi) is 4.62.